The van der Waals surface area contributed by atoms with E-state index in [9.17, 15) is 4.79 Å². The average Bonchev–Trinajstić information content (AvgIpc) is 2.62. The zero-order chi connectivity index (χ0) is 16.6. The topological polar surface area (TPSA) is 66.9 Å². The number of benzene rings is 1. The Kier molecular flexibility index (Phi) is 5.42. The van der Waals surface area contributed by atoms with Crippen molar-refractivity contribution in [3.8, 4) is 0 Å². The molecule has 0 radical (unpaired) electrons. The summed E-state index contributed by atoms with van der Waals surface area (Å²) in [5, 5.41) is 7.27. The maximum Gasteiger partial charge on any atom is 0.319 e. The summed E-state index contributed by atoms with van der Waals surface area (Å²) in [5.41, 5.74) is 1.74. The monoisotopic (exact) mass is 336 g/mol. The van der Waals surface area contributed by atoms with Crippen LogP contribution in [-0.2, 0) is 6.54 Å². The molecule has 0 unspecified atom stereocenters. The van der Waals surface area contributed by atoms with Crippen LogP contribution in [-0.4, -0.2) is 16.0 Å². The van der Waals surface area contributed by atoms with Gasteiger partial charge in [-0.2, -0.15) is 0 Å². The molecular weight excluding hydrogens is 320 g/mol. The van der Waals surface area contributed by atoms with Crippen LogP contribution in [0.15, 0.2) is 83.1 Å². The highest BCUT2D eigenvalue weighted by Gasteiger charge is 2.05. The van der Waals surface area contributed by atoms with Crippen molar-refractivity contribution in [3.05, 3.63) is 78.6 Å². The predicted molar refractivity (Wildman–Crippen MR) is 94.9 cm³/mol. The first-order valence-corrected chi connectivity index (χ1v) is 8.25. The lowest BCUT2D eigenvalue weighted by Gasteiger charge is -2.08. The zero-order valence-corrected chi connectivity index (χ0v) is 13.7. The van der Waals surface area contributed by atoms with E-state index in [1.54, 1.807) is 18.5 Å². The molecule has 2 aromatic heterocycles. The molecule has 0 bridgehead atoms. The molecule has 2 amide bonds. The molecule has 24 heavy (non-hydrogen) atoms. The first-order chi connectivity index (χ1) is 11.8. The number of pyridine rings is 2. The van der Waals surface area contributed by atoms with Gasteiger partial charge < -0.3 is 10.6 Å². The Labute approximate surface area is 144 Å². The van der Waals surface area contributed by atoms with E-state index in [1.807, 2.05) is 54.6 Å². The molecule has 2 N–H and O–H groups in total. The zero-order valence-electron chi connectivity index (χ0n) is 12.8. The van der Waals surface area contributed by atoms with Gasteiger partial charge in [0.25, 0.3) is 0 Å². The normalized spacial score (nSPS) is 10.2. The summed E-state index contributed by atoms with van der Waals surface area (Å²) >= 11 is 1.45. The minimum absolute atomic E-state index is 0.251. The fourth-order valence-corrected chi connectivity index (χ4v) is 2.78. The fourth-order valence-electron chi connectivity index (χ4n) is 2.01. The minimum atomic E-state index is -0.251. The Hall–Kier alpha value is -2.86. The number of carbonyl (C=O) groups excluding carboxylic acids is 1. The molecule has 0 aliphatic heterocycles. The molecule has 0 aliphatic carbocycles. The lowest BCUT2D eigenvalue weighted by atomic mass is 10.2. The summed E-state index contributed by atoms with van der Waals surface area (Å²) < 4.78 is 0. The highest BCUT2D eigenvalue weighted by atomic mass is 32.2. The minimum Gasteiger partial charge on any atom is -0.334 e. The van der Waals surface area contributed by atoms with Gasteiger partial charge in [0, 0.05) is 24.6 Å². The second-order valence-corrected chi connectivity index (χ2v) is 5.99. The van der Waals surface area contributed by atoms with Gasteiger partial charge in [0.15, 0.2) is 0 Å². The number of aromatic nitrogens is 2. The SMILES string of the molecule is O=C(NCc1ccccc1)Nc1ccnc(Sc2ccccn2)c1. The molecule has 0 aliphatic rings. The van der Waals surface area contributed by atoms with E-state index < -0.39 is 0 Å². The third-order valence-electron chi connectivity index (χ3n) is 3.14. The highest BCUT2D eigenvalue weighted by molar-refractivity contribution is 7.99. The number of amides is 2. The first-order valence-electron chi connectivity index (χ1n) is 7.43. The van der Waals surface area contributed by atoms with Crippen LogP contribution in [0.2, 0.25) is 0 Å². The van der Waals surface area contributed by atoms with Crippen LogP contribution in [0, 0.1) is 0 Å². The third kappa shape index (κ3) is 4.82. The fraction of sp³-hybridized carbons (Fsp3) is 0.0556. The maximum atomic E-state index is 12.0. The van der Waals surface area contributed by atoms with E-state index in [0.29, 0.717) is 12.2 Å². The van der Waals surface area contributed by atoms with Gasteiger partial charge in [0.2, 0.25) is 0 Å². The Morgan fingerprint density at radius 3 is 2.50 bits per heavy atom. The van der Waals surface area contributed by atoms with Gasteiger partial charge in [-0.05, 0) is 29.8 Å². The number of hydrogen-bond donors (Lipinski definition) is 2. The average molecular weight is 336 g/mol. The maximum absolute atomic E-state index is 12.0. The van der Waals surface area contributed by atoms with E-state index in [1.165, 1.54) is 11.8 Å². The largest absolute Gasteiger partial charge is 0.334 e. The lowest BCUT2D eigenvalue weighted by molar-refractivity contribution is 0.251. The molecule has 0 atom stereocenters. The summed E-state index contributed by atoms with van der Waals surface area (Å²) in [6, 6.07) is 18.8. The van der Waals surface area contributed by atoms with Crippen molar-refractivity contribution in [2.24, 2.45) is 0 Å². The molecule has 6 heteroatoms. The van der Waals surface area contributed by atoms with Gasteiger partial charge in [-0.25, -0.2) is 14.8 Å². The molecule has 5 nitrogen and oxygen atoms in total. The predicted octanol–water partition coefficient (Wildman–Crippen LogP) is 3.95. The number of carbonyl (C=O) groups is 1. The van der Waals surface area contributed by atoms with E-state index in [2.05, 4.69) is 20.6 Å². The molecule has 120 valence electrons. The van der Waals surface area contributed by atoms with Crippen LogP contribution in [0.25, 0.3) is 0 Å². The summed E-state index contributed by atoms with van der Waals surface area (Å²) in [6.45, 7) is 0.479. The van der Waals surface area contributed by atoms with Crippen molar-refractivity contribution in [1.82, 2.24) is 15.3 Å². The molecule has 3 aromatic rings. The quantitative estimate of drug-likeness (QED) is 0.740. The van der Waals surface area contributed by atoms with Crippen LogP contribution in [0.3, 0.4) is 0 Å². The lowest BCUT2D eigenvalue weighted by Crippen LogP contribution is -2.28. The van der Waals surface area contributed by atoms with Crippen molar-refractivity contribution in [2.75, 3.05) is 5.32 Å². The van der Waals surface area contributed by atoms with Crippen molar-refractivity contribution in [3.63, 3.8) is 0 Å². The Bertz CT molecular complexity index is 796. The molecule has 1 aromatic carbocycles. The Balaban J connectivity index is 1.57. The molecular formula is C18H16N4OS. The van der Waals surface area contributed by atoms with Crippen LogP contribution >= 0.6 is 11.8 Å². The van der Waals surface area contributed by atoms with Gasteiger partial charge >= 0.3 is 6.03 Å². The van der Waals surface area contributed by atoms with Crippen molar-refractivity contribution in [2.45, 2.75) is 16.6 Å². The van der Waals surface area contributed by atoms with Crippen molar-refractivity contribution >= 4 is 23.5 Å². The summed E-state index contributed by atoms with van der Waals surface area (Å²) in [6.07, 6.45) is 3.40. The van der Waals surface area contributed by atoms with E-state index in [0.717, 1.165) is 15.6 Å². The number of hydrogen-bond acceptors (Lipinski definition) is 4. The number of urea groups is 1. The highest BCUT2D eigenvalue weighted by Crippen LogP contribution is 2.25. The van der Waals surface area contributed by atoms with Gasteiger partial charge in [0.05, 0.1) is 0 Å². The van der Waals surface area contributed by atoms with Gasteiger partial charge in [-0.1, -0.05) is 48.2 Å². The summed E-state index contributed by atoms with van der Waals surface area (Å²) in [5.74, 6) is 0. The smallest absolute Gasteiger partial charge is 0.319 e. The Morgan fingerprint density at radius 1 is 0.917 bits per heavy atom. The van der Waals surface area contributed by atoms with Crippen LogP contribution < -0.4 is 10.6 Å². The molecule has 3 rings (SSSR count). The summed E-state index contributed by atoms with van der Waals surface area (Å²) in [7, 11) is 0. The van der Waals surface area contributed by atoms with Crippen LogP contribution in [0.5, 0.6) is 0 Å². The second-order valence-electron chi connectivity index (χ2n) is 4.95. The third-order valence-corrected chi connectivity index (χ3v) is 4.02. The van der Waals surface area contributed by atoms with Gasteiger partial charge in [-0.15, -0.1) is 0 Å². The first kappa shape index (κ1) is 16.0. The molecule has 0 spiro atoms. The standard InChI is InChI=1S/C18H16N4OS/c23-18(21-13-14-6-2-1-3-7-14)22-15-9-11-20-17(12-15)24-16-8-4-5-10-19-16/h1-12H,13H2,(H2,20,21,22,23). The second kappa shape index (κ2) is 8.12. The molecule has 0 saturated heterocycles. The Morgan fingerprint density at radius 2 is 1.71 bits per heavy atom. The van der Waals surface area contributed by atoms with Crippen molar-refractivity contribution in [1.29, 1.82) is 0 Å². The number of anilines is 1. The molecule has 0 fully saturated rings. The van der Waals surface area contributed by atoms with Gasteiger partial charge in [0.1, 0.15) is 10.1 Å². The van der Waals surface area contributed by atoms with Crippen LogP contribution in [0.1, 0.15) is 5.56 Å². The molecule has 2 heterocycles. The number of rotatable bonds is 5. The number of nitrogens with zero attached hydrogens (tertiary/aromatic N) is 2. The van der Waals surface area contributed by atoms with E-state index in [-0.39, 0.29) is 6.03 Å². The summed E-state index contributed by atoms with van der Waals surface area (Å²) in [4.78, 5) is 20.5. The number of nitrogens with one attached hydrogen (secondary N) is 2. The van der Waals surface area contributed by atoms with Crippen LogP contribution in [0.4, 0.5) is 10.5 Å². The van der Waals surface area contributed by atoms with Crippen molar-refractivity contribution < 1.29 is 4.79 Å². The van der Waals surface area contributed by atoms with E-state index in [4.69, 9.17) is 0 Å². The van der Waals surface area contributed by atoms with Gasteiger partial charge in [-0.3, -0.25) is 0 Å². The van der Waals surface area contributed by atoms with E-state index >= 15 is 0 Å². The molecule has 0 saturated carbocycles.